The maximum absolute atomic E-state index is 11.9. The smallest absolute Gasteiger partial charge is 0.407 e. The van der Waals surface area contributed by atoms with Crippen LogP contribution in [0.2, 0.25) is 0 Å². The van der Waals surface area contributed by atoms with E-state index in [1.807, 2.05) is 13.0 Å². The fourth-order valence-corrected chi connectivity index (χ4v) is 2.16. The summed E-state index contributed by atoms with van der Waals surface area (Å²) in [6.07, 6.45) is -0.112. The minimum absolute atomic E-state index is 0.196. The van der Waals surface area contributed by atoms with Gasteiger partial charge in [0.1, 0.15) is 17.1 Å². The van der Waals surface area contributed by atoms with Crippen molar-refractivity contribution >= 4 is 6.09 Å². The van der Waals surface area contributed by atoms with Gasteiger partial charge in [0.2, 0.25) is 0 Å². The lowest BCUT2D eigenvalue weighted by Gasteiger charge is -2.23. The predicted molar refractivity (Wildman–Crippen MR) is 88.2 cm³/mol. The van der Waals surface area contributed by atoms with E-state index in [4.69, 9.17) is 14.2 Å². The molecule has 0 aliphatic carbocycles. The molecule has 0 radical (unpaired) electrons. The number of alkyl carbamates (subject to hydrolysis) is 1. The van der Waals surface area contributed by atoms with Crippen molar-refractivity contribution in [2.45, 2.75) is 45.8 Å². The number of hydrogen-bond acceptors (Lipinski definition) is 5. The van der Waals surface area contributed by atoms with Crippen molar-refractivity contribution in [3.05, 3.63) is 23.3 Å². The second-order valence-corrected chi connectivity index (χ2v) is 6.34. The van der Waals surface area contributed by atoms with Gasteiger partial charge in [-0.3, -0.25) is 0 Å². The largest absolute Gasteiger partial charge is 0.497 e. The number of aliphatic hydroxyl groups excluding tert-OH is 1. The third-order valence-corrected chi connectivity index (χ3v) is 3.30. The van der Waals surface area contributed by atoms with E-state index < -0.39 is 17.7 Å². The van der Waals surface area contributed by atoms with Gasteiger partial charge in [0, 0.05) is 6.07 Å². The van der Waals surface area contributed by atoms with Gasteiger partial charge >= 0.3 is 6.09 Å². The van der Waals surface area contributed by atoms with Crippen molar-refractivity contribution in [3.8, 4) is 11.5 Å². The molecular formula is C17H27NO5. The van der Waals surface area contributed by atoms with E-state index in [2.05, 4.69) is 5.32 Å². The van der Waals surface area contributed by atoms with Crippen molar-refractivity contribution in [2.24, 2.45) is 0 Å². The zero-order chi connectivity index (χ0) is 17.6. The van der Waals surface area contributed by atoms with E-state index in [9.17, 15) is 9.90 Å². The number of ether oxygens (including phenoxy) is 3. The van der Waals surface area contributed by atoms with Crippen molar-refractivity contribution in [1.29, 1.82) is 0 Å². The highest BCUT2D eigenvalue weighted by atomic mass is 16.6. The normalized spacial score (nSPS) is 12.5. The van der Waals surface area contributed by atoms with E-state index in [1.165, 1.54) is 0 Å². The van der Waals surface area contributed by atoms with Crippen LogP contribution in [0.15, 0.2) is 12.1 Å². The number of methoxy groups -OCH3 is 2. The number of hydrogen-bond donors (Lipinski definition) is 2. The van der Waals surface area contributed by atoms with Crippen LogP contribution in [0.5, 0.6) is 11.5 Å². The summed E-state index contributed by atoms with van der Waals surface area (Å²) in [7, 11) is 3.17. The maximum Gasteiger partial charge on any atom is 0.407 e. The Kier molecular flexibility index (Phi) is 6.69. The van der Waals surface area contributed by atoms with Crippen LogP contribution in [0.1, 0.15) is 31.9 Å². The van der Waals surface area contributed by atoms with Crippen molar-refractivity contribution < 1.29 is 24.1 Å². The Morgan fingerprint density at radius 2 is 1.91 bits per heavy atom. The van der Waals surface area contributed by atoms with Gasteiger partial charge in [-0.1, -0.05) is 0 Å². The third kappa shape index (κ3) is 5.98. The fourth-order valence-electron chi connectivity index (χ4n) is 2.16. The molecule has 130 valence electrons. The average molecular weight is 325 g/mol. The first-order valence-electron chi connectivity index (χ1n) is 7.52. The molecule has 0 saturated carbocycles. The van der Waals surface area contributed by atoms with Crippen LogP contribution in [-0.4, -0.2) is 43.7 Å². The van der Waals surface area contributed by atoms with Gasteiger partial charge in [-0.25, -0.2) is 4.79 Å². The SMILES string of the molecule is COc1cc(CC(CO)NC(=O)OC(C)(C)C)c(C)c(OC)c1. The van der Waals surface area contributed by atoms with Crippen molar-refractivity contribution in [1.82, 2.24) is 5.32 Å². The summed E-state index contributed by atoms with van der Waals surface area (Å²) in [5.41, 5.74) is 1.29. The molecule has 0 bridgehead atoms. The second-order valence-electron chi connectivity index (χ2n) is 6.34. The summed E-state index contributed by atoms with van der Waals surface area (Å²) in [4.78, 5) is 11.9. The molecule has 1 aromatic rings. The molecule has 0 aliphatic rings. The van der Waals surface area contributed by atoms with Gasteiger partial charge in [-0.2, -0.15) is 0 Å². The zero-order valence-electron chi connectivity index (χ0n) is 14.7. The van der Waals surface area contributed by atoms with Crippen LogP contribution in [0.25, 0.3) is 0 Å². The summed E-state index contributed by atoms with van der Waals surface area (Å²) in [5, 5.41) is 12.2. The summed E-state index contributed by atoms with van der Waals surface area (Å²) in [6, 6.07) is 3.21. The third-order valence-electron chi connectivity index (χ3n) is 3.30. The number of amides is 1. The minimum Gasteiger partial charge on any atom is -0.497 e. The number of rotatable bonds is 6. The molecule has 6 heteroatoms. The lowest BCUT2D eigenvalue weighted by molar-refractivity contribution is 0.0483. The van der Waals surface area contributed by atoms with Gasteiger partial charge in [-0.15, -0.1) is 0 Å². The van der Waals surface area contributed by atoms with Gasteiger partial charge in [-0.05, 0) is 51.3 Å². The predicted octanol–water partition coefficient (Wildman–Crippen LogP) is 2.44. The Balaban J connectivity index is 2.88. The van der Waals surface area contributed by atoms with Gasteiger partial charge in [0.15, 0.2) is 0 Å². The van der Waals surface area contributed by atoms with Crippen LogP contribution in [0.4, 0.5) is 4.79 Å². The van der Waals surface area contributed by atoms with Crippen LogP contribution in [0, 0.1) is 6.92 Å². The molecule has 0 aliphatic heterocycles. The van der Waals surface area contributed by atoms with Crippen LogP contribution in [0.3, 0.4) is 0 Å². The maximum atomic E-state index is 11.9. The van der Waals surface area contributed by atoms with E-state index in [1.54, 1.807) is 41.1 Å². The monoisotopic (exact) mass is 325 g/mol. The molecular weight excluding hydrogens is 298 g/mol. The van der Waals surface area contributed by atoms with E-state index in [0.717, 1.165) is 11.1 Å². The average Bonchev–Trinajstić information content (AvgIpc) is 2.46. The Labute approximate surface area is 137 Å². The Hall–Kier alpha value is -1.95. The second kappa shape index (κ2) is 8.06. The molecule has 0 aromatic heterocycles. The van der Waals surface area contributed by atoms with E-state index in [-0.39, 0.29) is 6.61 Å². The summed E-state index contributed by atoms with van der Waals surface area (Å²) < 4.78 is 15.8. The molecule has 6 nitrogen and oxygen atoms in total. The summed E-state index contributed by atoms with van der Waals surface area (Å²) in [6.45, 7) is 7.10. The Morgan fingerprint density at radius 1 is 1.26 bits per heavy atom. The number of carbonyl (C=O) groups is 1. The summed E-state index contributed by atoms with van der Waals surface area (Å²) in [5.74, 6) is 1.37. The number of nitrogens with one attached hydrogen (secondary N) is 1. The molecule has 0 saturated heterocycles. The molecule has 1 atom stereocenters. The lowest BCUT2D eigenvalue weighted by Crippen LogP contribution is -2.42. The van der Waals surface area contributed by atoms with Crippen LogP contribution in [-0.2, 0) is 11.2 Å². The molecule has 1 rings (SSSR count). The fraction of sp³-hybridized carbons (Fsp3) is 0.588. The van der Waals surface area contributed by atoms with Gasteiger partial charge in [0.25, 0.3) is 0 Å². The van der Waals surface area contributed by atoms with Crippen LogP contribution < -0.4 is 14.8 Å². The molecule has 2 N–H and O–H groups in total. The lowest BCUT2D eigenvalue weighted by atomic mass is 10.00. The quantitative estimate of drug-likeness (QED) is 0.840. The Bertz CT molecular complexity index is 537. The minimum atomic E-state index is -0.584. The first-order valence-corrected chi connectivity index (χ1v) is 7.52. The summed E-state index contributed by atoms with van der Waals surface area (Å²) >= 11 is 0. The Morgan fingerprint density at radius 3 is 2.39 bits per heavy atom. The number of aliphatic hydroxyl groups is 1. The molecule has 0 spiro atoms. The highest BCUT2D eigenvalue weighted by Gasteiger charge is 2.20. The van der Waals surface area contributed by atoms with Crippen LogP contribution >= 0.6 is 0 Å². The van der Waals surface area contributed by atoms with Crippen molar-refractivity contribution in [3.63, 3.8) is 0 Å². The first kappa shape index (κ1) is 19.1. The number of carbonyl (C=O) groups excluding carboxylic acids is 1. The van der Waals surface area contributed by atoms with Crippen molar-refractivity contribution in [2.75, 3.05) is 20.8 Å². The molecule has 23 heavy (non-hydrogen) atoms. The molecule has 0 fully saturated rings. The number of benzene rings is 1. The zero-order valence-corrected chi connectivity index (χ0v) is 14.7. The van der Waals surface area contributed by atoms with Gasteiger partial charge < -0.3 is 24.6 Å². The van der Waals surface area contributed by atoms with Gasteiger partial charge in [0.05, 0.1) is 26.9 Å². The standard InChI is InChI=1S/C17H27NO5/c1-11-12(8-14(21-5)9-15(11)22-6)7-13(10-19)18-16(20)23-17(2,3)4/h8-9,13,19H,7,10H2,1-6H3,(H,18,20). The first-order chi connectivity index (χ1) is 10.7. The molecule has 1 amide bonds. The highest BCUT2D eigenvalue weighted by Crippen LogP contribution is 2.28. The van der Waals surface area contributed by atoms with E-state index in [0.29, 0.717) is 17.9 Å². The topological polar surface area (TPSA) is 77.0 Å². The molecule has 1 unspecified atom stereocenters. The molecule has 0 heterocycles. The highest BCUT2D eigenvalue weighted by molar-refractivity contribution is 5.68. The van der Waals surface area contributed by atoms with E-state index >= 15 is 0 Å². The molecule has 1 aromatic carbocycles.